The molecule has 7 heteroatoms. The number of ether oxygens (including phenoxy) is 1. The van der Waals surface area contributed by atoms with Crippen molar-refractivity contribution in [1.29, 1.82) is 0 Å². The number of hydrogen-bond acceptors (Lipinski definition) is 4. The van der Waals surface area contributed by atoms with Crippen molar-refractivity contribution in [2.75, 3.05) is 26.7 Å². The molecule has 2 amide bonds. The molecule has 2 aliphatic heterocycles. The first-order valence-corrected chi connectivity index (χ1v) is 8.94. The van der Waals surface area contributed by atoms with Gasteiger partial charge in [0.25, 0.3) is 5.91 Å². The normalized spacial score (nSPS) is 25.2. The molecule has 2 fully saturated rings. The Morgan fingerprint density at radius 2 is 1.96 bits per heavy atom. The first kappa shape index (κ1) is 17.5. The second kappa shape index (κ2) is 6.66. The Labute approximate surface area is 156 Å². The van der Waals surface area contributed by atoms with E-state index in [2.05, 4.69) is 4.98 Å². The minimum atomic E-state index is -0.585. The molecule has 1 aromatic carbocycles. The third kappa shape index (κ3) is 2.84. The summed E-state index contributed by atoms with van der Waals surface area (Å²) in [6, 6.07) is 12.7. The number of nitrogens with one attached hydrogen (secondary N) is 1. The predicted octanol–water partition coefficient (Wildman–Crippen LogP) is 0.974. The molecule has 2 atom stereocenters. The Kier molecular flexibility index (Phi) is 4.31. The van der Waals surface area contributed by atoms with Crippen molar-refractivity contribution in [2.24, 2.45) is 0 Å². The second-order valence-electron chi connectivity index (χ2n) is 6.99. The van der Waals surface area contributed by atoms with Crippen LogP contribution in [0.3, 0.4) is 0 Å². The van der Waals surface area contributed by atoms with Crippen LogP contribution in [0.4, 0.5) is 0 Å². The lowest BCUT2D eigenvalue weighted by atomic mass is 9.76. The number of amides is 2. The van der Waals surface area contributed by atoms with Crippen molar-refractivity contribution in [3.8, 4) is 0 Å². The maximum absolute atomic E-state index is 12.8. The molecular formula is C20H21N3O4. The standard InChI is InChI=1S/C20H21N3O4/c1-22-18(25)13-27-16-12-23(19(26)14-7-8-17(24)21-11-14)10-9-20(16,22)15-5-3-2-4-6-15/h2-8,11,16H,9-10,12-13H2,1H3,(H,21,24)/t16-,20+/m1/s1. The SMILES string of the molecule is CN1C(=O)CO[C@@H]2CN(C(=O)c3ccc(=O)[nH]c3)CC[C@]21c1ccccc1. The number of nitrogens with zero attached hydrogens (tertiary/aromatic N) is 2. The smallest absolute Gasteiger partial charge is 0.255 e. The van der Waals surface area contributed by atoms with E-state index in [1.54, 1.807) is 9.80 Å². The van der Waals surface area contributed by atoms with E-state index in [1.807, 2.05) is 37.4 Å². The molecule has 0 radical (unpaired) electrons. The van der Waals surface area contributed by atoms with Gasteiger partial charge in [0.1, 0.15) is 12.7 Å². The van der Waals surface area contributed by atoms with Gasteiger partial charge in [-0.2, -0.15) is 0 Å². The molecule has 0 aliphatic carbocycles. The van der Waals surface area contributed by atoms with E-state index in [-0.39, 0.29) is 30.1 Å². The van der Waals surface area contributed by atoms with E-state index >= 15 is 0 Å². The summed E-state index contributed by atoms with van der Waals surface area (Å²) in [7, 11) is 1.81. The number of rotatable bonds is 2. The lowest BCUT2D eigenvalue weighted by Gasteiger charge is -2.54. The van der Waals surface area contributed by atoms with E-state index < -0.39 is 5.54 Å². The number of aromatic amines is 1. The fourth-order valence-electron chi connectivity index (χ4n) is 4.14. The zero-order valence-electron chi connectivity index (χ0n) is 15.1. The summed E-state index contributed by atoms with van der Waals surface area (Å²) in [6.07, 6.45) is 1.70. The van der Waals surface area contributed by atoms with E-state index in [9.17, 15) is 14.4 Å². The third-order valence-electron chi connectivity index (χ3n) is 5.65. The molecule has 1 N–H and O–H groups in total. The van der Waals surface area contributed by atoms with Crippen molar-refractivity contribution in [2.45, 2.75) is 18.1 Å². The van der Waals surface area contributed by atoms with E-state index in [4.69, 9.17) is 4.74 Å². The average molecular weight is 367 g/mol. The largest absolute Gasteiger partial charge is 0.364 e. The highest BCUT2D eigenvalue weighted by atomic mass is 16.5. The molecule has 2 aliphatic rings. The number of likely N-dealkylation sites (tertiary alicyclic amines) is 1. The summed E-state index contributed by atoms with van der Waals surface area (Å²) in [4.78, 5) is 42.5. The average Bonchev–Trinajstić information content (AvgIpc) is 2.71. The number of aromatic nitrogens is 1. The minimum absolute atomic E-state index is 0.0104. The number of carbonyl (C=O) groups excluding carboxylic acids is 2. The van der Waals surface area contributed by atoms with Crippen LogP contribution in [0.25, 0.3) is 0 Å². The Morgan fingerprint density at radius 3 is 2.67 bits per heavy atom. The predicted molar refractivity (Wildman–Crippen MR) is 98.2 cm³/mol. The van der Waals surface area contributed by atoms with Crippen molar-refractivity contribution >= 4 is 11.8 Å². The van der Waals surface area contributed by atoms with Crippen LogP contribution in [0.5, 0.6) is 0 Å². The van der Waals surface area contributed by atoms with Crippen molar-refractivity contribution in [3.05, 3.63) is 70.1 Å². The van der Waals surface area contributed by atoms with Gasteiger partial charge < -0.3 is 19.5 Å². The van der Waals surface area contributed by atoms with Crippen LogP contribution < -0.4 is 5.56 Å². The summed E-state index contributed by atoms with van der Waals surface area (Å²) >= 11 is 0. The number of H-pyrrole nitrogens is 1. The minimum Gasteiger partial charge on any atom is -0.364 e. The van der Waals surface area contributed by atoms with Crippen LogP contribution in [-0.4, -0.2) is 59.4 Å². The van der Waals surface area contributed by atoms with Gasteiger partial charge in [0, 0.05) is 32.4 Å². The highest BCUT2D eigenvalue weighted by Crippen LogP contribution is 2.42. The van der Waals surface area contributed by atoms with Crippen LogP contribution in [-0.2, 0) is 15.1 Å². The Morgan fingerprint density at radius 1 is 1.19 bits per heavy atom. The molecular weight excluding hydrogens is 346 g/mol. The van der Waals surface area contributed by atoms with Gasteiger partial charge >= 0.3 is 0 Å². The second-order valence-corrected chi connectivity index (χ2v) is 6.99. The van der Waals surface area contributed by atoms with Crippen molar-refractivity contribution in [3.63, 3.8) is 0 Å². The molecule has 0 spiro atoms. The van der Waals surface area contributed by atoms with E-state index in [0.717, 1.165) is 5.56 Å². The zero-order chi connectivity index (χ0) is 19.0. The van der Waals surface area contributed by atoms with Crippen LogP contribution in [0, 0.1) is 0 Å². The number of hydrogen-bond donors (Lipinski definition) is 1. The van der Waals surface area contributed by atoms with Crippen LogP contribution in [0.2, 0.25) is 0 Å². The fraction of sp³-hybridized carbons (Fsp3) is 0.350. The maximum Gasteiger partial charge on any atom is 0.255 e. The Bertz CT molecular complexity index is 906. The third-order valence-corrected chi connectivity index (χ3v) is 5.65. The highest BCUT2D eigenvalue weighted by Gasteiger charge is 2.53. The molecule has 1 aromatic heterocycles. The Hall–Kier alpha value is -2.93. The molecule has 0 unspecified atom stereocenters. The van der Waals surface area contributed by atoms with Gasteiger partial charge in [-0.05, 0) is 18.1 Å². The number of fused-ring (bicyclic) bond motifs is 1. The van der Waals surface area contributed by atoms with Crippen LogP contribution in [0.1, 0.15) is 22.3 Å². The number of carbonyl (C=O) groups is 2. The quantitative estimate of drug-likeness (QED) is 0.858. The molecule has 4 rings (SSSR count). The molecule has 2 aromatic rings. The molecule has 140 valence electrons. The Balaban J connectivity index is 1.65. The molecule has 3 heterocycles. The number of likely N-dealkylation sites (N-methyl/N-ethyl adjacent to an activating group) is 1. The van der Waals surface area contributed by atoms with Gasteiger partial charge in [-0.25, -0.2) is 0 Å². The van der Waals surface area contributed by atoms with Crippen molar-refractivity contribution in [1.82, 2.24) is 14.8 Å². The van der Waals surface area contributed by atoms with Gasteiger partial charge in [0.15, 0.2) is 0 Å². The topological polar surface area (TPSA) is 82.7 Å². The monoisotopic (exact) mass is 367 g/mol. The number of pyridine rings is 1. The molecule has 7 nitrogen and oxygen atoms in total. The van der Waals surface area contributed by atoms with E-state index in [1.165, 1.54) is 18.3 Å². The first-order chi connectivity index (χ1) is 13.0. The lowest BCUT2D eigenvalue weighted by Crippen LogP contribution is -2.67. The van der Waals surface area contributed by atoms with E-state index in [0.29, 0.717) is 25.1 Å². The lowest BCUT2D eigenvalue weighted by molar-refractivity contribution is -0.180. The summed E-state index contributed by atoms with van der Waals surface area (Å²) in [5, 5.41) is 0. The maximum atomic E-state index is 12.8. The molecule has 0 bridgehead atoms. The highest BCUT2D eigenvalue weighted by molar-refractivity contribution is 5.94. The van der Waals surface area contributed by atoms with Gasteiger partial charge in [-0.3, -0.25) is 14.4 Å². The summed E-state index contributed by atoms with van der Waals surface area (Å²) < 4.78 is 5.91. The summed E-state index contributed by atoms with van der Waals surface area (Å²) in [5.41, 5.74) is 0.617. The molecule has 0 saturated carbocycles. The van der Waals surface area contributed by atoms with Gasteiger partial charge in [0.2, 0.25) is 11.5 Å². The molecule has 2 saturated heterocycles. The van der Waals surface area contributed by atoms with Gasteiger partial charge in [-0.1, -0.05) is 30.3 Å². The summed E-state index contributed by atoms with van der Waals surface area (Å²) in [5.74, 6) is -0.216. The molecule has 27 heavy (non-hydrogen) atoms. The number of piperidine rings is 1. The first-order valence-electron chi connectivity index (χ1n) is 8.94. The van der Waals surface area contributed by atoms with Gasteiger partial charge in [0.05, 0.1) is 11.1 Å². The fourth-order valence-corrected chi connectivity index (χ4v) is 4.14. The van der Waals surface area contributed by atoms with Crippen molar-refractivity contribution < 1.29 is 14.3 Å². The zero-order valence-corrected chi connectivity index (χ0v) is 15.1. The summed E-state index contributed by atoms with van der Waals surface area (Å²) in [6.45, 7) is 0.880. The van der Waals surface area contributed by atoms with Crippen LogP contribution >= 0.6 is 0 Å². The van der Waals surface area contributed by atoms with Gasteiger partial charge in [-0.15, -0.1) is 0 Å². The number of benzene rings is 1. The number of morpholine rings is 1. The van der Waals surface area contributed by atoms with Crippen LogP contribution in [0.15, 0.2) is 53.5 Å².